The smallest absolute Gasteiger partial charge is 0.223 e. The summed E-state index contributed by atoms with van der Waals surface area (Å²) in [7, 11) is 0. The zero-order valence-corrected chi connectivity index (χ0v) is 11.5. The molecule has 0 bridgehead atoms. The average Bonchev–Trinajstić information content (AvgIpc) is 2.90. The number of aryl methyl sites for hydroxylation is 1. The van der Waals surface area contributed by atoms with Gasteiger partial charge in [-0.3, -0.25) is 0 Å². The molecule has 2 heterocycles. The molecule has 1 saturated carbocycles. The Balaban J connectivity index is 1.87. The molecular formula is C13H18N4S. The van der Waals surface area contributed by atoms with Crippen molar-refractivity contribution in [3.63, 3.8) is 0 Å². The van der Waals surface area contributed by atoms with Gasteiger partial charge in [0.25, 0.3) is 0 Å². The highest BCUT2D eigenvalue weighted by Crippen LogP contribution is 2.39. The van der Waals surface area contributed by atoms with Gasteiger partial charge in [0.05, 0.1) is 5.39 Å². The van der Waals surface area contributed by atoms with Gasteiger partial charge in [-0.25, -0.2) is 4.98 Å². The van der Waals surface area contributed by atoms with Crippen molar-refractivity contribution in [3.05, 3.63) is 10.9 Å². The molecule has 0 aromatic carbocycles. The topological polar surface area (TPSA) is 63.8 Å². The molecule has 2 atom stereocenters. The monoisotopic (exact) mass is 262 g/mol. The van der Waals surface area contributed by atoms with E-state index in [-0.39, 0.29) is 0 Å². The van der Waals surface area contributed by atoms with Crippen molar-refractivity contribution in [1.82, 2.24) is 9.97 Å². The number of nitrogen functional groups attached to an aromatic ring is 1. The van der Waals surface area contributed by atoms with Crippen molar-refractivity contribution < 1.29 is 0 Å². The lowest BCUT2D eigenvalue weighted by Crippen LogP contribution is -2.08. The Morgan fingerprint density at radius 2 is 2.33 bits per heavy atom. The van der Waals surface area contributed by atoms with Crippen LogP contribution in [0.4, 0.5) is 11.8 Å². The Morgan fingerprint density at radius 1 is 1.50 bits per heavy atom. The summed E-state index contributed by atoms with van der Waals surface area (Å²) in [6, 6.07) is 2.71. The zero-order valence-electron chi connectivity index (χ0n) is 10.7. The molecular weight excluding hydrogens is 244 g/mol. The first-order valence-corrected chi connectivity index (χ1v) is 7.29. The molecule has 3 N–H and O–H groups in total. The minimum atomic E-state index is 0.361. The number of anilines is 2. The van der Waals surface area contributed by atoms with E-state index in [0.717, 1.165) is 22.0 Å². The number of thiophene rings is 1. The Kier molecular flexibility index (Phi) is 2.86. The standard InChI is InChI=1S/C13H18N4S/c1-3-4-8-6-10(8)15-11-9-5-7(2)18-12(9)17-13(14)16-11/h5,8,10H,3-4,6H2,1-2H3,(H3,14,15,16,17). The number of nitrogens with one attached hydrogen (secondary N) is 1. The van der Waals surface area contributed by atoms with Crippen LogP contribution >= 0.6 is 11.3 Å². The number of aromatic nitrogens is 2. The molecule has 3 rings (SSSR count). The van der Waals surface area contributed by atoms with Crippen LogP contribution in [0.2, 0.25) is 0 Å². The van der Waals surface area contributed by atoms with E-state index in [1.165, 1.54) is 24.1 Å². The predicted molar refractivity (Wildman–Crippen MR) is 77.0 cm³/mol. The maximum absolute atomic E-state index is 5.77. The van der Waals surface area contributed by atoms with Crippen LogP contribution in [0.15, 0.2) is 6.07 Å². The van der Waals surface area contributed by atoms with Gasteiger partial charge >= 0.3 is 0 Å². The first-order valence-electron chi connectivity index (χ1n) is 6.47. The number of hydrogen-bond acceptors (Lipinski definition) is 5. The Labute approximate surface area is 111 Å². The molecule has 0 saturated heterocycles. The van der Waals surface area contributed by atoms with Crippen molar-refractivity contribution in [3.8, 4) is 0 Å². The summed E-state index contributed by atoms with van der Waals surface area (Å²) in [6.07, 6.45) is 3.80. The molecule has 0 radical (unpaired) electrons. The predicted octanol–water partition coefficient (Wildman–Crippen LogP) is 3.18. The second-order valence-corrected chi connectivity index (χ2v) is 6.28. The van der Waals surface area contributed by atoms with E-state index in [4.69, 9.17) is 5.73 Å². The number of hydrogen-bond donors (Lipinski definition) is 2. The maximum Gasteiger partial charge on any atom is 0.223 e. The Hall–Kier alpha value is -1.36. The van der Waals surface area contributed by atoms with Crippen molar-refractivity contribution in [2.75, 3.05) is 11.1 Å². The van der Waals surface area contributed by atoms with E-state index in [1.54, 1.807) is 11.3 Å². The average molecular weight is 262 g/mol. The van der Waals surface area contributed by atoms with Gasteiger partial charge in [0, 0.05) is 10.9 Å². The first-order chi connectivity index (χ1) is 8.67. The van der Waals surface area contributed by atoms with E-state index in [0.29, 0.717) is 12.0 Å². The summed E-state index contributed by atoms with van der Waals surface area (Å²) >= 11 is 1.67. The van der Waals surface area contributed by atoms with Crippen molar-refractivity contribution in [2.45, 2.75) is 39.2 Å². The van der Waals surface area contributed by atoms with Gasteiger partial charge < -0.3 is 11.1 Å². The minimum Gasteiger partial charge on any atom is -0.368 e. The highest BCUT2D eigenvalue weighted by molar-refractivity contribution is 7.18. The third kappa shape index (κ3) is 2.14. The van der Waals surface area contributed by atoms with E-state index in [1.807, 2.05) is 0 Å². The fourth-order valence-electron chi connectivity index (χ4n) is 2.46. The summed E-state index contributed by atoms with van der Waals surface area (Å²) in [6.45, 7) is 4.32. The van der Waals surface area contributed by atoms with Gasteiger partial charge in [-0.05, 0) is 31.7 Å². The normalized spacial score (nSPS) is 22.3. The highest BCUT2D eigenvalue weighted by atomic mass is 32.1. The number of rotatable bonds is 4. The molecule has 1 aliphatic carbocycles. The van der Waals surface area contributed by atoms with Gasteiger partial charge in [-0.2, -0.15) is 4.98 Å². The van der Waals surface area contributed by atoms with Gasteiger partial charge in [-0.15, -0.1) is 11.3 Å². The van der Waals surface area contributed by atoms with Crippen LogP contribution < -0.4 is 11.1 Å². The van der Waals surface area contributed by atoms with Crippen LogP contribution in [-0.4, -0.2) is 16.0 Å². The zero-order chi connectivity index (χ0) is 12.7. The van der Waals surface area contributed by atoms with Gasteiger partial charge in [0.1, 0.15) is 10.6 Å². The lowest BCUT2D eigenvalue weighted by molar-refractivity contribution is 0.692. The molecule has 0 spiro atoms. The van der Waals surface area contributed by atoms with Crippen molar-refractivity contribution in [1.29, 1.82) is 0 Å². The van der Waals surface area contributed by atoms with Crippen molar-refractivity contribution in [2.24, 2.45) is 5.92 Å². The number of nitrogens with zero attached hydrogens (tertiary/aromatic N) is 2. The van der Waals surface area contributed by atoms with Crippen molar-refractivity contribution >= 4 is 33.3 Å². The van der Waals surface area contributed by atoms with E-state index in [2.05, 4.69) is 35.2 Å². The van der Waals surface area contributed by atoms with Crippen LogP contribution in [0.1, 0.15) is 31.1 Å². The van der Waals surface area contributed by atoms with Crippen LogP contribution in [0.5, 0.6) is 0 Å². The molecule has 5 heteroatoms. The minimum absolute atomic E-state index is 0.361. The summed E-state index contributed by atoms with van der Waals surface area (Å²) < 4.78 is 0. The number of nitrogens with two attached hydrogens (primary N) is 1. The molecule has 18 heavy (non-hydrogen) atoms. The molecule has 4 nitrogen and oxygen atoms in total. The van der Waals surface area contributed by atoms with E-state index < -0.39 is 0 Å². The lowest BCUT2D eigenvalue weighted by atomic mass is 10.2. The van der Waals surface area contributed by atoms with Crippen LogP contribution in [-0.2, 0) is 0 Å². The second-order valence-electron chi connectivity index (χ2n) is 5.04. The van der Waals surface area contributed by atoms with E-state index in [9.17, 15) is 0 Å². The Morgan fingerprint density at radius 3 is 3.11 bits per heavy atom. The van der Waals surface area contributed by atoms with Gasteiger partial charge in [0.2, 0.25) is 5.95 Å². The molecule has 0 amide bonds. The largest absolute Gasteiger partial charge is 0.368 e. The summed E-state index contributed by atoms with van der Waals surface area (Å²) in [5.74, 6) is 2.07. The summed E-state index contributed by atoms with van der Waals surface area (Å²) in [5.41, 5.74) is 5.77. The molecule has 2 aromatic heterocycles. The second kappa shape index (κ2) is 4.39. The molecule has 1 fully saturated rings. The van der Waals surface area contributed by atoms with Crippen LogP contribution in [0.3, 0.4) is 0 Å². The SMILES string of the molecule is CCCC1CC1Nc1nc(N)nc2sc(C)cc12. The molecule has 96 valence electrons. The molecule has 2 aromatic rings. The highest BCUT2D eigenvalue weighted by Gasteiger charge is 2.36. The van der Waals surface area contributed by atoms with Gasteiger partial charge in [-0.1, -0.05) is 13.3 Å². The third-order valence-electron chi connectivity index (χ3n) is 3.44. The quantitative estimate of drug-likeness (QED) is 0.888. The van der Waals surface area contributed by atoms with Crippen LogP contribution in [0, 0.1) is 12.8 Å². The lowest BCUT2D eigenvalue weighted by Gasteiger charge is -2.06. The third-order valence-corrected chi connectivity index (χ3v) is 4.38. The molecule has 1 aliphatic rings. The number of fused-ring (bicyclic) bond motifs is 1. The maximum atomic E-state index is 5.77. The van der Waals surface area contributed by atoms with Gasteiger partial charge in [0.15, 0.2) is 0 Å². The summed E-state index contributed by atoms with van der Waals surface area (Å²) in [5, 5.41) is 4.63. The van der Waals surface area contributed by atoms with Crippen LogP contribution in [0.25, 0.3) is 10.2 Å². The first kappa shape index (κ1) is 11.7. The van der Waals surface area contributed by atoms with E-state index >= 15 is 0 Å². The Bertz CT molecular complexity index is 578. The summed E-state index contributed by atoms with van der Waals surface area (Å²) in [4.78, 5) is 10.9. The fourth-order valence-corrected chi connectivity index (χ4v) is 3.34. The fraction of sp³-hybridized carbons (Fsp3) is 0.538. The molecule has 2 unspecified atom stereocenters. The molecule has 0 aliphatic heterocycles.